The monoisotopic (exact) mass is 322 g/mol. The molecule has 1 saturated heterocycles. The van der Waals surface area contributed by atoms with Gasteiger partial charge in [-0.15, -0.1) is 5.06 Å². The lowest BCUT2D eigenvalue weighted by molar-refractivity contribution is -0.152. The molecule has 1 heterocycles. The smallest absolute Gasteiger partial charge is 0.380 e. The number of rotatable bonds is 4. The van der Waals surface area contributed by atoms with Gasteiger partial charge >= 0.3 is 17.9 Å². The molecule has 1 fully saturated rings. The first-order valence-corrected chi connectivity index (χ1v) is 6.71. The van der Waals surface area contributed by atoms with Crippen molar-refractivity contribution in [1.29, 1.82) is 0 Å². The number of carbonyl (C=O) groups is 3. The van der Waals surface area contributed by atoms with Gasteiger partial charge in [0.25, 0.3) is 0 Å². The van der Waals surface area contributed by atoms with E-state index in [2.05, 4.69) is 0 Å². The molecular weight excluding hydrogens is 304 g/mol. The second kappa shape index (κ2) is 8.66. The van der Waals surface area contributed by atoms with Gasteiger partial charge in [-0.3, -0.25) is 19.3 Å². The van der Waals surface area contributed by atoms with Crippen LogP contribution in [0.2, 0.25) is 0 Å². The van der Waals surface area contributed by atoms with Gasteiger partial charge in [0.2, 0.25) is 0 Å². The van der Waals surface area contributed by atoms with Crippen LogP contribution in [-0.2, 0) is 19.3 Å². The van der Waals surface area contributed by atoms with Crippen LogP contribution in [0.5, 0.6) is 0 Å². The lowest BCUT2D eigenvalue weighted by Crippen LogP contribution is -2.31. The van der Waals surface area contributed by atoms with Crippen LogP contribution in [0, 0.1) is 0 Å². The van der Waals surface area contributed by atoms with Gasteiger partial charge in [0.1, 0.15) is 5.70 Å². The Bertz CT molecular complexity index is 599. The average Bonchev–Trinajstić information content (AvgIpc) is 2.78. The Hall–Kier alpha value is -2.71. The molecule has 0 saturated carbocycles. The Labute approximate surface area is 133 Å². The molecule has 8 heteroatoms. The highest BCUT2D eigenvalue weighted by atomic mass is 16.7. The number of carboxylic acid groups (broad SMARTS) is 1. The Morgan fingerprint density at radius 3 is 2.09 bits per heavy atom. The molecule has 0 aromatic heterocycles. The van der Waals surface area contributed by atoms with E-state index in [0.29, 0.717) is 5.06 Å². The molecule has 0 bridgehead atoms. The van der Waals surface area contributed by atoms with Gasteiger partial charge < -0.3 is 5.11 Å². The molecule has 23 heavy (non-hydrogen) atoms. The number of hydroxylamine groups is 4. The zero-order valence-electron chi connectivity index (χ0n) is 13.1. The normalized spacial score (nSPS) is 15.7. The van der Waals surface area contributed by atoms with E-state index in [1.807, 2.05) is 30.3 Å². The first kappa shape index (κ1) is 18.3. The summed E-state index contributed by atoms with van der Waals surface area (Å²) in [6.45, 7) is 1.60. The quantitative estimate of drug-likeness (QED) is 0.672. The largest absolute Gasteiger partial charge is 0.481 e. The van der Waals surface area contributed by atoms with Gasteiger partial charge in [-0.05, 0) is 11.6 Å². The van der Waals surface area contributed by atoms with E-state index in [9.17, 15) is 14.4 Å². The summed E-state index contributed by atoms with van der Waals surface area (Å²) < 4.78 is 0. The molecule has 1 N–H and O–H groups in total. The average molecular weight is 322 g/mol. The minimum absolute atomic E-state index is 0.107. The molecule has 8 nitrogen and oxygen atoms in total. The molecule has 124 valence electrons. The van der Waals surface area contributed by atoms with Crippen molar-refractivity contribution >= 4 is 24.0 Å². The molecule has 0 atom stereocenters. The summed E-state index contributed by atoms with van der Waals surface area (Å²) in [6.07, 6.45) is 1.78. The second-order valence-corrected chi connectivity index (χ2v) is 4.23. The molecule has 0 spiro atoms. The molecule has 1 aliphatic heterocycles. The third kappa shape index (κ3) is 4.63. The molecule has 0 radical (unpaired) electrons. The van der Waals surface area contributed by atoms with E-state index in [1.165, 1.54) is 14.2 Å². The summed E-state index contributed by atoms with van der Waals surface area (Å²) in [6, 6.07) is 8.48. The predicted octanol–water partition coefficient (Wildman–Crippen LogP) is 1.90. The van der Waals surface area contributed by atoms with Crippen molar-refractivity contribution in [3.8, 4) is 0 Å². The van der Waals surface area contributed by atoms with Crippen LogP contribution < -0.4 is 0 Å². The summed E-state index contributed by atoms with van der Waals surface area (Å²) in [7, 11) is 2.55. The fourth-order valence-corrected chi connectivity index (χ4v) is 1.63. The third-order valence-electron chi connectivity index (χ3n) is 2.74. The fourth-order valence-electron chi connectivity index (χ4n) is 1.63. The Balaban J connectivity index is 0.000000463. The topological polar surface area (TPSA) is 96.4 Å². The molecule has 3 amide bonds. The van der Waals surface area contributed by atoms with Crippen LogP contribution in [0.15, 0.2) is 36.0 Å². The number of carboxylic acids is 1. The van der Waals surface area contributed by atoms with Crippen molar-refractivity contribution in [2.45, 2.75) is 13.3 Å². The SMILES string of the molecule is CCC(=O)O.CON1C(=O)C(=Cc2ccccc2)N(OC)C1=O. The molecule has 0 unspecified atom stereocenters. The molecule has 0 aliphatic carbocycles. The summed E-state index contributed by atoms with van der Waals surface area (Å²) in [5.41, 5.74) is 0.893. The van der Waals surface area contributed by atoms with E-state index in [0.717, 1.165) is 10.6 Å². The van der Waals surface area contributed by atoms with E-state index in [-0.39, 0.29) is 12.1 Å². The zero-order chi connectivity index (χ0) is 17.4. The maximum atomic E-state index is 11.9. The van der Waals surface area contributed by atoms with Crippen molar-refractivity contribution in [3.05, 3.63) is 41.6 Å². The molecule has 2 rings (SSSR count). The van der Waals surface area contributed by atoms with Gasteiger partial charge in [-0.2, -0.15) is 5.06 Å². The van der Waals surface area contributed by atoms with Crippen molar-refractivity contribution < 1.29 is 29.2 Å². The molecule has 1 aromatic rings. The van der Waals surface area contributed by atoms with Crippen LogP contribution in [0.25, 0.3) is 6.08 Å². The van der Waals surface area contributed by atoms with Crippen molar-refractivity contribution in [3.63, 3.8) is 0 Å². The van der Waals surface area contributed by atoms with E-state index in [4.69, 9.17) is 14.8 Å². The van der Waals surface area contributed by atoms with Crippen molar-refractivity contribution in [2.24, 2.45) is 0 Å². The maximum Gasteiger partial charge on any atom is 0.380 e. The number of hydrogen-bond donors (Lipinski definition) is 1. The number of carbonyl (C=O) groups excluding carboxylic acids is 2. The summed E-state index contributed by atoms with van der Waals surface area (Å²) >= 11 is 0. The minimum Gasteiger partial charge on any atom is -0.481 e. The number of urea groups is 1. The second-order valence-electron chi connectivity index (χ2n) is 4.23. The standard InChI is InChI=1S/C12H12N2O4.C3H6O2/c1-17-13-10(8-9-6-4-3-5-7-9)11(15)14(18-2)12(13)16;1-2-3(4)5/h3-8H,1-2H3;2H2,1H3,(H,4,5). The maximum absolute atomic E-state index is 11.9. The Kier molecular flexibility index (Phi) is 6.91. The van der Waals surface area contributed by atoms with Crippen LogP contribution in [0.1, 0.15) is 18.9 Å². The number of amides is 3. The summed E-state index contributed by atoms with van der Waals surface area (Å²) in [4.78, 5) is 42.6. The Morgan fingerprint density at radius 2 is 1.65 bits per heavy atom. The molecular formula is C15H18N2O6. The van der Waals surface area contributed by atoms with Gasteiger partial charge in [0, 0.05) is 6.42 Å². The zero-order valence-corrected chi connectivity index (χ0v) is 13.1. The highest BCUT2D eigenvalue weighted by Crippen LogP contribution is 2.23. The van der Waals surface area contributed by atoms with Gasteiger partial charge in [0.05, 0.1) is 14.2 Å². The number of nitrogens with zero attached hydrogens (tertiary/aromatic N) is 2. The number of imide groups is 1. The van der Waals surface area contributed by atoms with Crippen LogP contribution in [-0.4, -0.2) is 47.4 Å². The fraction of sp³-hybridized carbons (Fsp3) is 0.267. The van der Waals surface area contributed by atoms with E-state index >= 15 is 0 Å². The minimum atomic E-state index is -0.745. The molecule has 1 aliphatic rings. The van der Waals surface area contributed by atoms with Crippen molar-refractivity contribution in [2.75, 3.05) is 14.2 Å². The van der Waals surface area contributed by atoms with Crippen molar-refractivity contribution in [1.82, 2.24) is 10.1 Å². The van der Waals surface area contributed by atoms with E-state index < -0.39 is 17.9 Å². The summed E-state index contributed by atoms with van der Waals surface area (Å²) in [5, 5.41) is 9.25. The third-order valence-corrected chi connectivity index (χ3v) is 2.74. The van der Waals surface area contributed by atoms with Crippen LogP contribution >= 0.6 is 0 Å². The highest BCUT2D eigenvalue weighted by Gasteiger charge is 2.42. The van der Waals surface area contributed by atoms with Gasteiger partial charge in [-0.25, -0.2) is 4.79 Å². The number of hydrogen-bond acceptors (Lipinski definition) is 5. The van der Waals surface area contributed by atoms with Crippen LogP contribution in [0.3, 0.4) is 0 Å². The van der Waals surface area contributed by atoms with Gasteiger partial charge in [-0.1, -0.05) is 37.3 Å². The number of benzene rings is 1. The molecule has 1 aromatic carbocycles. The number of aliphatic carboxylic acids is 1. The first-order chi connectivity index (χ1) is 11.0. The first-order valence-electron chi connectivity index (χ1n) is 6.71. The highest BCUT2D eigenvalue weighted by molar-refractivity contribution is 6.12. The van der Waals surface area contributed by atoms with E-state index in [1.54, 1.807) is 13.0 Å². The lowest BCUT2D eigenvalue weighted by Gasteiger charge is -2.11. The Morgan fingerprint density at radius 1 is 1.13 bits per heavy atom. The van der Waals surface area contributed by atoms with Gasteiger partial charge in [0.15, 0.2) is 0 Å². The predicted molar refractivity (Wildman–Crippen MR) is 80.4 cm³/mol. The summed E-state index contributed by atoms with van der Waals surface area (Å²) in [5.74, 6) is -1.31. The van der Waals surface area contributed by atoms with Crippen LogP contribution in [0.4, 0.5) is 4.79 Å². The lowest BCUT2D eigenvalue weighted by atomic mass is 10.2.